The van der Waals surface area contributed by atoms with Gasteiger partial charge < -0.3 is 0 Å². The predicted octanol–water partition coefficient (Wildman–Crippen LogP) is 1.14. The summed E-state index contributed by atoms with van der Waals surface area (Å²) in [4.78, 5) is 0. The summed E-state index contributed by atoms with van der Waals surface area (Å²) >= 11 is 1.98. The first-order valence-electron chi connectivity index (χ1n) is 4.20. The zero-order valence-corrected chi connectivity index (χ0v) is 10.8. The largest absolute Gasteiger partial charge is 0.154 e. The highest BCUT2D eigenvalue weighted by atomic mass is 32.1. The van der Waals surface area contributed by atoms with Gasteiger partial charge in [0.2, 0.25) is 0 Å². The maximum Gasteiger partial charge on any atom is 0.0773 e. The van der Waals surface area contributed by atoms with Crippen molar-refractivity contribution in [3.8, 4) is 0 Å². The second kappa shape index (κ2) is 3.69. The summed E-state index contributed by atoms with van der Waals surface area (Å²) in [5, 5.41) is 4.00. The molecule has 0 saturated heterocycles. The molecule has 0 aliphatic heterocycles. The molecule has 0 aliphatic rings. The lowest BCUT2D eigenvalue weighted by Crippen LogP contribution is -2.40. The van der Waals surface area contributed by atoms with E-state index in [2.05, 4.69) is 37.6 Å². The van der Waals surface area contributed by atoms with Crippen molar-refractivity contribution in [2.75, 3.05) is 0 Å². The molecule has 0 aromatic carbocycles. The summed E-state index contributed by atoms with van der Waals surface area (Å²) in [5.41, 5.74) is 0. The molecule has 1 aromatic heterocycles. The average molecular weight is 200 g/mol. The van der Waals surface area contributed by atoms with Crippen LogP contribution < -0.4 is 9.69 Å². The number of hydrogen-bond donors (Lipinski definition) is 0. The molecule has 0 N–H and O–H groups in total. The second-order valence-electron chi connectivity index (χ2n) is 3.55. The van der Waals surface area contributed by atoms with Crippen LogP contribution in [0.5, 0.6) is 0 Å². The van der Waals surface area contributed by atoms with Crippen molar-refractivity contribution < 1.29 is 0 Å². The van der Waals surface area contributed by atoms with Gasteiger partial charge in [0.15, 0.2) is 0 Å². The molecule has 1 aromatic rings. The Labute approximate surface area is 76.5 Å². The summed E-state index contributed by atoms with van der Waals surface area (Å²) in [6.07, 6.45) is 0. The van der Waals surface area contributed by atoms with E-state index < -0.39 is 17.6 Å². The van der Waals surface area contributed by atoms with E-state index in [-0.39, 0.29) is 0 Å². The molecule has 3 heteroatoms. The van der Waals surface area contributed by atoms with Gasteiger partial charge in [-0.1, -0.05) is 37.4 Å². The first kappa shape index (κ1) is 9.22. The summed E-state index contributed by atoms with van der Waals surface area (Å²) in [6.45, 7) is 9.68. The van der Waals surface area contributed by atoms with Gasteiger partial charge in [-0.2, -0.15) is 11.3 Å². The monoisotopic (exact) mass is 200 g/mol. The Morgan fingerprint density at radius 1 is 1.09 bits per heavy atom. The fourth-order valence-corrected chi connectivity index (χ4v) is 8.03. The Kier molecular flexibility index (Phi) is 3.10. The van der Waals surface area contributed by atoms with Gasteiger partial charge in [-0.15, -0.1) is 0 Å². The second-order valence-corrected chi connectivity index (χ2v) is 10.7. The zero-order chi connectivity index (χ0) is 8.43. The van der Waals surface area contributed by atoms with E-state index in [1.165, 1.54) is 0 Å². The van der Waals surface area contributed by atoms with Crippen molar-refractivity contribution in [3.63, 3.8) is 0 Å². The van der Waals surface area contributed by atoms with Gasteiger partial charge >= 0.3 is 0 Å². The topological polar surface area (TPSA) is 0 Å². The van der Waals surface area contributed by atoms with E-state index in [0.29, 0.717) is 0 Å². The molecule has 0 nitrogen and oxygen atoms in total. The molecule has 62 valence electrons. The molecule has 1 heterocycles. The maximum atomic E-state index is 2.42. The highest BCUT2D eigenvalue weighted by Crippen LogP contribution is 1.97. The van der Waals surface area contributed by atoms with Gasteiger partial charge in [0.25, 0.3) is 0 Å². The van der Waals surface area contributed by atoms with Crippen LogP contribution >= 0.6 is 11.3 Å². The van der Waals surface area contributed by atoms with Crippen LogP contribution in [0, 0.1) is 0 Å². The molecule has 11 heavy (non-hydrogen) atoms. The normalized spacial score (nSPS) is 11.5. The molecule has 0 saturated carbocycles. The Hall–Kier alpha value is 0.134. The quantitative estimate of drug-likeness (QED) is 0.628. The highest BCUT2D eigenvalue weighted by Gasteiger charge is 2.11. The van der Waals surface area contributed by atoms with Crippen LogP contribution in [0.3, 0.4) is 0 Å². The fraction of sp³-hybridized carbons (Fsp3) is 0.500. The zero-order valence-electron chi connectivity index (χ0n) is 7.72. The molecule has 0 atom stereocenters. The van der Waals surface area contributed by atoms with E-state index in [0.717, 1.165) is 0 Å². The molecule has 0 radical (unpaired) electrons. The minimum Gasteiger partial charge on any atom is -0.154 e. The van der Waals surface area contributed by atoms with Crippen LogP contribution in [0.2, 0.25) is 26.2 Å². The maximum absolute atomic E-state index is 2.42. The molecular weight excluding hydrogens is 184 g/mol. The van der Waals surface area contributed by atoms with Gasteiger partial charge in [-0.25, -0.2) is 0 Å². The lowest BCUT2D eigenvalue weighted by atomic mass is 10.7. The Balaban J connectivity index is 2.96. The van der Waals surface area contributed by atoms with Crippen LogP contribution in [-0.2, 0) is 0 Å². The Bertz CT molecular complexity index is 205. The molecular formula is C8H16SSi2. The first-order valence-corrected chi connectivity index (χ1v) is 10.9. The molecule has 0 fully saturated rings. The summed E-state index contributed by atoms with van der Waals surface area (Å²) in [6, 6.07) is 2.35. The number of thiophene rings is 1. The van der Waals surface area contributed by atoms with Crippen molar-refractivity contribution in [1.29, 1.82) is 0 Å². The average Bonchev–Trinajstić information content (AvgIpc) is 2.32. The van der Waals surface area contributed by atoms with Gasteiger partial charge in [0.1, 0.15) is 0 Å². The first-order chi connectivity index (χ1) is 5.13. The van der Waals surface area contributed by atoms with E-state index in [1.54, 1.807) is 9.69 Å². The van der Waals surface area contributed by atoms with Gasteiger partial charge in [-0.3, -0.25) is 0 Å². The molecule has 0 bridgehead atoms. The molecule has 0 spiro atoms. The van der Waals surface area contributed by atoms with Crippen molar-refractivity contribution in [2.24, 2.45) is 0 Å². The lowest BCUT2D eigenvalue weighted by Gasteiger charge is -2.07. The van der Waals surface area contributed by atoms with Gasteiger partial charge in [-0.05, 0) is 9.88 Å². The summed E-state index contributed by atoms with van der Waals surface area (Å²) < 4.78 is 1.76. The number of rotatable bonds is 2. The van der Waals surface area contributed by atoms with Crippen LogP contribution in [0.15, 0.2) is 11.4 Å². The Morgan fingerprint density at radius 3 is 2.09 bits per heavy atom. The van der Waals surface area contributed by atoms with E-state index >= 15 is 0 Å². The minimum absolute atomic E-state index is 0.522. The van der Waals surface area contributed by atoms with Crippen molar-refractivity contribution in [3.05, 3.63) is 11.4 Å². The SMILES string of the molecule is C[SiH](C)c1ccsc1[SiH](C)C. The fourth-order valence-electron chi connectivity index (χ4n) is 1.28. The standard InChI is InChI=1S/C8H16SSi2/c1-10(2)7-5-6-9-8(7)11(3)4/h5-6,10-11H,1-4H3. The molecule has 0 aliphatic carbocycles. The van der Waals surface area contributed by atoms with E-state index in [4.69, 9.17) is 0 Å². The molecule has 0 unspecified atom stereocenters. The smallest absolute Gasteiger partial charge is 0.0773 e. The van der Waals surface area contributed by atoms with Crippen molar-refractivity contribution >= 4 is 38.6 Å². The summed E-state index contributed by atoms with van der Waals surface area (Å²) in [7, 11) is -1.05. The van der Waals surface area contributed by atoms with Crippen LogP contribution in [0.25, 0.3) is 0 Å². The number of hydrogen-bond acceptors (Lipinski definition) is 1. The lowest BCUT2D eigenvalue weighted by molar-refractivity contribution is 1.94. The third-order valence-corrected chi connectivity index (χ3v) is 8.13. The van der Waals surface area contributed by atoms with Gasteiger partial charge in [0.05, 0.1) is 17.6 Å². The third-order valence-electron chi connectivity index (χ3n) is 1.87. The van der Waals surface area contributed by atoms with Crippen LogP contribution in [0.1, 0.15) is 0 Å². The van der Waals surface area contributed by atoms with Crippen LogP contribution in [0.4, 0.5) is 0 Å². The van der Waals surface area contributed by atoms with E-state index in [9.17, 15) is 0 Å². The highest BCUT2D eigenvalue weighted by molar-refractivity contribution is 7.24. The Morgan fingerprint density at radius 2 is 1.73 bits per heavy atom. The summed E-state index contributed by atoms with van der Waals surface area (Å²) in [5.74, 6) is 0. The van der Waals surface area contributed by atoms with Crippen LogP contribution in [-0.4, -0.2) is 17.6 Å². The minimum atomic E-state index is -0.530. The van der Waals surface area contributed by atoms with Crippen molar-refractivity contribution in [1.82, 2.24) is 0 Å². The third kappa shape index (κ3) is 2.04. The molecule has 0 amide bonds. The van der Waals surface area contributed by atoms with Crippen molar-refractivity contribution in [2.45, 2.75) is 26.2 Å². The van der Waals surface area contributed by atoms with Gasteiger partial charge in [0, 0.05) is 0 Å². The van der Waals surface area contributed by atoms with E-state index in [1.807, 2.05) is 11.3 Å². The predicted molar refractivity (Wildman–Crippen MR) is 61.3 cm³/mol. The molecule has 1 rings (SSSR count).